The lowest BCUT2D eigenvalue weighted by atomic mass is 9.96. The fourth-order valence-corrected chi connectivity index (χ4v) is 2.45. The van der Waals surface area contributed by atoms with Crippen LogP contribution >= 0.6 is 0 Å². The molecule has 0 saturated carbocycles. The molecule has 2 amide bonds. The lowest BCUT2D eigenvalue weighted by Gasteiger charge is -2.44. The van der Waals surface area contributed by atoms with E-state index in [0.29, 0.717) is 13.1 Å². The summed E-state index contributed by atoms with van der Waals surface area (Å²) in [5.74, 6) is -1.31. The Morgan fingerprint density at radius 2 is 1.75 bits per heavy atom. The van der Waals surface area contributed by atoms with E-state index in [0.717, 1.165) is 0 Å². The van der Waals surface area contributed by atoms with Crippen molar-refractivity contribution in [2.45, 2.75) is 19.4 Å². The van der Waals surface area contributed by atoms with Crippen molar-refractivity contribution in [1.29, 1.82) is 0 Å². The average molecular weight is 278 g/mol. The van der Waals surface area contributed by atoms with Crippen LogP contribution in [0.2, 0.25) is 0 Å². The fourth-order valence-electron chi connectivity index (χ4n) is 2.45. The standard InChI is InChI=1S/C14H18N2O4/c1-14(2)13(20)15(3)7-8-16(14)12(19)11-9(17)5-4-6-10(11)18/h4-6,17-18H,7-8H2,1-3H3. The maximum atomic E-state index is 12.5. The third kappa shape index (κ3) is 2.07. The van der Waals surface area contributed by atoms with Gasteiger partial charge in [-0.25, -0.2) is 0 Å². The molecule has 1 aliphatic heterocycles. The average Bonchev–Trinajstić information content (AvgIpc) is 2.35. The zero-order valence-corrected chi connectivity index (χ0v) is 11.8. The van der Waals surface area contributed by atoms with Crippen molar-refractivity contribution in [3.63, 3.8) is 0 Å². The van der Waals surface area contributed by atoms with E-state index in [1.807, 2.05) is 0 Å². The molecule has 2 N–H and O–H groups in total. The van der Waals surface area contributed by atoms with Gasteiger partial charge in [0.2, 0.25) is 5.91 Å². The topological polar surface area (TPSA) is 81.1 Å². The molecule has 0 atom stereocenters. The maximum Gasteiger partial charge on any atom is 0.262 e. The van der Waals surface area contributed by atoms with E-state index in [1.165, 1.54) is 23.1 Å². The molecule has 0 bridgehead atoms. The second-order valence-corrected chi connectivity index (χ2v) is 5.41. The van der Waals surface area contributed by atoms with Crippen molar-refractivity contribution in [3.05, 3.63) is 23.8 Å². The molecule has 1 aromatic rings. The predicted molar refractivity (Wildman–Crippen MR) is 72.5 cm³/mol. The third-order valence-corrected chi connectivity index (χ3v) is 3.68. The Hall–Kier alpha value is -2.24. The molecule has 0 aromatic heterocycles. The molecule has 6 heteroatoms. The Kier molecular flexibility index (Phi) is 3.33. The van der Waals surface area contributed by atoms with E-state index in [9.17, 15) is 19.8 Å². The van der Waals surface area contributed by atoms with Gasteiger partial charge < -0.3 is 20.0 Å². The van der Waals surface area contributed by atoms with Crippen molar-refractivity contribution in [3.8, 4) is 11.5 Å². The third-order valence-electron chi connectivity index (χ3n) is 3.68. The van der Waals surface area contributed by atoms with E-state index in [-0.39, 0.29) is 23.0 Å². The van der Waals surface area contributed by atoms with Crippen LogP contribution in [-0.4, -0.2) is 57.5 Å². The van der Waals surface area contributed by atoms with E-state index in [1.54, 1.807) is 25.8 Å². The van der Waals surface area contributed by atoms with Crippen LogP contribution in [0.5, 0.6) is 11.5 Å². The Morgan fingerprint density at radius 1 is 1.20 bits per heavy atom. The molecule has 1 heterocycles. The highest BCUT2D eigenvalue weighted by molar-refractivity contribution is 6.03. The molecule has 1 fully saturated rings. The molecular weight excluding hydrogens is 260 g/mol. The number of phenols is 2. The van der Waals surface area contributed by atoms with E-state index in [4.69, 9.17) is 0 Å². The number of amides is 2. The number of carbonyl (C=O) groups is 2. The van der Waals surface area contributed by atoms with Crippen LogP contribution in [0, 0.1) is 0 Å². The molecule has 1 saturated heterocycles. The van der Waals surface area contributed by atoms with Crippen LogP contribution in [0.15, 0.2) is 18.2 Å². The number of likely N-dealkylation sites (N-methyl/N-ethyl adjacent to an activating group) is 1. The van der Waals surface area contributed by atoms with Crippen LogP contribution in [-0.2, 0) is 4.79 Å². The van der Waals surface area contributed by atoms with Gasteiger partial charge in [-0.1, -0.05) is 6.07 Å². The highest BCUT2D eigenvalue weighted by atomic mass is 16.3. The van der Waals surface area contributed by atoms with Gasteiger partial charge in [-0.2, -0.15) is 0 Å². The molecule has 1 aliphatic rings. The van der Waals surface area contributed by atoms with Crippen molar-refractivity contribution in [1.82, 2.24) is 9.80 Å². The van der Waals surface area contributed by atoms with Crippen molar-refractivity contribution < 1.29 is 19.8 Å². The predicted octanol–water partition coefficient (Wildman–Crippen LogP) is 0.791. The summed E-state index contributed by atoms with van der Waals surface area (Å²) in [7, 11) is 1.68. The van der Waals surface area contributed by atoms with E-state index >= 15 is 0 Å². The normalized spacial score (nSPS) is 18.2. The van der Waals surface area contributed by atoms with Crippen LogP contribution in [0.25, 0.3) is 0 Å². The van der Waals surface area contributed by atoms with Gasteiger partial charge in [-0.15, -0.1) is 0 Å². The first-order valence-corrected chi connectivity index (χ1v) is 6.35. The zero-order valence-electron chi connectivity index (χ0n) is 11.8. The Labute approximate surface area is 117 Å². The maximum absolute atomic E-state index is 12.5. The van der Waals surface area contributed by atoms with Gasteiger partial charge >= 0.3 is 0 Å². The quantitative estimate of drug-likeness (QED) is 0.796. The minimum Gasteiger partial charge on any atom is -0.507 e. The fraction of sp³-hybridized carbons (Fsp3) is 0.429. The molecule has 1 aromatic carbocycles. The molecule has 20 heavy (non-hydrogen) atoms. The summed E-state index contributed by atoms with van der Waals surface area (Å²) in [6, 6.07) is 4.11. The van der Waals surface area contributed by atoms with E-state index in [2.05, 4.69) is 0 Å². The largest absolute Gasteiger partial charge is 0.507 e. The van der Waals surface area contributed by atoms with Gasteiger partial charge in [-0.3, -0.25) is 9.59 Å². The summed E-state index contributed by atoms with van der Waals surface area (Å²) in [6.45, 7) is 4.07. The second kappa shape index (κ2) is 4.70. The van der Waals surface area contributed by atoms with Crippen LogP contribution in [0.4, 0.5) is 0 Å². The van der Waals surface area contributed by atoms with Gasteiger partial charge in [0.1, 0.15) is 22.6 Å². The van der Waals surface area contributed by atoms with Crippen molar-refractivity contribution >= 4 is 11.8 Å². The Balaban J connectivity index is 2.41. The summed E-state index contributed by atoms with van der Waals surface area (Å²) in [5, 5.41) is 19.6. The lowest BCUT2D eigenvalue weighted by Crippen LogP contribution is -2.63. The molecule has 108 valence electrons. The van der Waals surface area contributed by atoms with Crippen molar-refractivity contribution in [2.24, 2.45) is 0 Å². The summed E-state index contributed by atoms with van der Waals surface area (Å²) in [4.78, 5) is 27.7. The molecule has 2 rings (SSSR count). The van der Waals surface area contributed by atoms with Gasteiger partial charge in [-0.05, 0) is 26.0 Å². The first kappa shape index (κ1) is 14.2. The Morgan fingerprint density at radius 3 is 2.30 bits per heavy atom. The SMILES string of the molecule is CN1CCN(C(=O)c2c(O)cccc2O)C(C)(C)C1=O. The number of hydrogen-bond acceptors (Lipinski definition) is 4. The van der Waals surface area contributed by atoms with Crippen LogP contribution < -0.4 is 0 Å². The van der Waals surface area contributed by atoms with Gasteiger partial charge in [0, 0.05) is 20.1 Å². The number of piperazine rings is 1. The minimum absolute atomic E-state index is 0.169. The molecule has 0 unspecified atom stereocenters. The molecule has 0 aliphatic carbocycles. The number of aromatic hydroxyl groups is 2. The molecule has 6 nitrogen and oxygen atoms in total. The molecule has 0 spiro atoms. The number of carbonyl (C=O) groups excluding carboxylic acids is 2. The first-order chi connectivity index (χ1) is 9.26. The highest BCUT2D eigenvalue weighted by Crippen LogP contribution is 2.31. The number of nitrogens with zero attached hydrogens (tertiary/aromatic N) is 2. The van der Waals surface area contributed by atoms with Gasteiger partial charge in [0.15, 0.2) is 0 Å². The van der Waals surface area contributed by atoms with Crippen LogP contribution in [0.3, 0.4) is 0 Å². The smallest absolute Gasteiger partial charge is 0.262 e. The zero-order chi connectivity index (χ0) is 15.1. The summed E-state index contributed by atoms with van der Waals surface area (Å²) < 4.78 is 0. The number of benzene rings is 1. The van der Waals surface area contributed by atoms with Gasteiger partial charge in [0.25, 0.3) is 5.91 Å². The van der Waals surface area contributed by atoms with E-state index < -0.39 is 11.4 Å². The number of hydrogen-bond donors (Lipinski definition) is 2. The second-order valence-electron chi connectivity index (χ2n) is 5.41. The lowest BCUT2D eigenvalue weighted by molar-refractivity contribution is -0.144. The summed E-state index contributed by atoms with van der Waals surface area (Å²) in [5.41, 5.74) is -1.18. The minimum atomic E-state index is -1.02. The number of phenolic OH excluding ortho intramolecular Hbond substituents is 2. The van der Waals surface area contributed by atoms with Crippen LogP contribution in [0.1, 0.15) is 24.2 Å². The monoisotopic (exact) mass is 278 g/mol. The summed E-state index contributed by atoms with van der Waals surface area (Å²) >= 11 is 0. The molecular formula is C14H18N2O4. The molecule has 0 radical (unpaired) electrons. The van der Waals surface area contributed by atoms with Crippen molar-refractivity contribution in [2.75, 3.05) is 20.1 Å². The Bertz CT molecular complexity index is 548. The first-order valence-electron chi connectivity index (χ1n) is 6.35. The highest BCUT2D eigenvalue weighted by Gasteiger charge is 2.44. The number of rotatable bonds is 1. The summed E-state index contributed by atoms with van der Waals surface area (Å²) in [6.07, 6.45) is 0. The van der Waals surface area contributed by atoms with Gasteiger partial charge in [0.05, 0.1) is 0 Å².